The highest BCUT2D eigenvalue weighted by Crippen LogP contribution is 2.28. The van der Waals surface area contributed by atoms with Crippen molar-refractivity contribution < 1.29 is 27.9 Å². The lowest BCUT2D eigenvalue weighted by atomic mass is 10.1. The summed E-state index contributed by atoms with van der Waals surface area (Å²) in [6, 6.07) is 5.51. The highest BCUT2D eigenvalue weighted by molar-refractivity contribution is 7.89. The highest BCUT2D eigenvalue weighted by Gasteiger charge is 2.19. The number of hydrogen-bond acceptors (Lipinski definition) is 9. The van der Waals surface area contributed by atoms with Gasteiger partial charge in [-0.2, -0.15) is 5.11 Å². The second-order valence-corrected chi connectivity index (χ2v) is 9.49. The Morgan fingerprint density at radius 3 is 2.22 bits per heavy atom. The molecule has 4 N–H and O–H groups in total. The molecule has 0 aliphatic carbocycles. The standard InChI is InChI=1S/C22H30N6O7S/c1-14-19(13-35-4)20(22(32)28(21(14)31)12-11-24-16(3)30)27-26-17-5-7-18(8-6-17)36(33,34)25-10-9-23-15(2)29/h5-8,25,31H,9-13H2,1-4H3,(H,23,29)(H,24,30). The molecule has 0 spiro atoms. The van der Waals surface area contributed by atoms with Gasteiger partial charge in [0.25, 0.3) is 5.56 Å². The van der Waals surface area contributed by atoms with Gasteiger partial charge >= 0.3 is 0 Å². The van der Waals surface area contributed by atoms with Crippen LogP contribution in [0.15, 0.2) is 44.2 Å². The minimum absolute atomic E-state index is 0.00312. The van der Waals surface area contributed by atoms with Gasteiger partial charge in [0.05, 0.1) is 17.2 Å². The van der Waals surface area contributed by atoms with E-state index in [0.29, 0.717) is 11.1 Å². The summed E-state index contributed by atoms with van der Waals surface area (Å²) in [5.41, 5.74) is 0.334. The van der Waals surface area contributed by atoms with Crippen LogP contribution in [-0.2, 0) is 37.5 Å². The molecule has 0 aliphatic rings. The lowest BCUT2D eigenvalue weighted by Gasteiger charge is -2.16. The fourth-order valence-electron chi connectivity index (χ4n) is 3.15. The van der Waals surface area contributed by atoms with E-state index >= 15 is 0 Å². The van der Waals surface area contributed by atoms with Gasteiger partial charge in [-0.25, -0.2) is 13.1 Å². The molecule has 0 bridgehead atoms. The average Bonchev–Trinajstić information content (AvgIpc) is 2.82. The lowest BCUT2D eigenvalue weighted by molar-refractivity contribution is -0.119. The summed E-state index contributed by atoms with van der Waals surface area (Å²) in [7, 11) is -2.36. The van der Waals surface area contributed by atoms with Gasteiger partial charge in [-0.3, -0.25) is 19.0 Å². The molecule has 0 radical (unpaired) electrons. The first kappa shape index (κ1) is 28.6. The Morgan fingerprint density at radius 1 is 1.03 bits per heavy atom. The fraction of sp³-hybridized carbons (Fsp3) is 0.409. The normalized spacial score (nSPS) is 11.6. The third kappa shape index (κ3) is 7.69. The van der Waals surface area contributed by atoms with Crippen LogP contribution in [0.2, 0.25) is 0 Å². The Labute approximate surface area is 208 Å². The van der Waals surface area contributed by atoms with Gasteiger partial charge in [-0.1, -0.05) is 0 Å². The van der Waals surface area contributed by atoms with E-state index < -0.39 is 15.6 Å². The Hall–Kier alpha value is -3.62. The molecule has 0 fully saturated rings. The molecule has 14 heteroatoms. The van der Waals surface area contributed by atoms with Crippen LogP contribution in [0, 0.1) is 6.92 Å². The topological polar surface area (TPSA) is 181 Å². The smallest absolute Gasteiger partial charge is 0.281 e. The molecule has 1 heterocycles. The summed E-state index contributed by atoms with van der Waals surface area (Å²) in [6.45, 7) is 4.60. The number of carbonyl (C=O) groups excluding carboxylic acids is 2. The molecule has 196 valence electrons. The van der Waals surface area contributed by atoms with Gasteiger partial charge < -0.3 is 20.5 Å². The second-order valence-electron chi connectivity index (χ2n) is 7.72. The molecule has 0 atom stereocenters. The van der Waals surface area contributed by atoms with Crippen molar-refractivity contribution in [1.29, 1.82) is 0 Å². The van der Waals surface area contributed by atoms with Crippen molar-refractivity contribution in [3.63, 3.8) is 0 Å². The largest absolute Gasteiger partial charge is 0.494 e. The maximum absolute atomic E-state index is 13.1. The zero-order chi connectivity index (χ0) is 26.9. The number of pyridine rings is 1. The van der Waals surface area contributed by atoms with Gasteiger partial charge in [-0.05, 0) is 31.2 Å². The lowest BCUT2D eigenvalue weighted by Crippen LogP contribution is -2.33. The number of ether oxygens (including phenoxy) is 1. The van der Waals surface area contributed by atoms with Crippen molar-refractivity contribution >= 4 is 33.2 Å². The Kier molecular flexibility index (Phi) is 10.3. The number of amides is 2. The van der Waals surface area contributed by atoms with Gasteiger partial charge in [0.2, 0.25) is 21.8 Å². The number of rotatable bonds is 12. The molecular formula is C22H30N6O7S. The monoisotopic (exact) mass is 522 g/mol. The summed E-state index contributed by atoms with van der Waals surface area (Å²) >= 11 is 0. The predicted molar refractivity (Wildman–Crippen MR) is 131 cm³/mol. The predicted octanol–water partition coefficient (Wildman–Crippen LogP) is 0.975. The number of nitrogens with zero attached hydrogens (tertiary/aromatic N) is 3. The van der Waals surface area contributed by atoms with Crippen molar-refractivity contribution in [2.24, 2.45) is 10.2 Å². The zero-order valence-corrected chi connectivity index (χ0v) is 21.3. The van der Waals surface area contributed by atoms with Crippen molar-refractivity contribution in [2.45, 2.75) is 38.8 Å². The van der Waals surface area contributed by atoms with Crippen LogP contribution >= 0.6 is 0 Å². The average molecular weight is 523 g/mol. The number of sulfonamides is 1. The summed E-state index contributed by atoms with van der Waals surface area (Å²) < 4.78 is 33.4. The fourth-order valence-corrected chi connectivity index (χ4v) is 4.18. The second kappa shape index (κ2) is 12.9. The van der Waals surface area contributed by atoms with E-state index in [4.69, 9.17) is 4.74 Å². The molecule has 1 aromatic carbocycles. The van der Waals surface area contributed by atoms with E-state index in [9.17, 15) is 27.9 Å². The van der Waals surface area contributed by atoms with Gasteiger partial charge in [-0.15, -0.1) is 5.11 Å². The SMILES string of the molecule is COCc1c(C)c(O)n(CCNC(C)=O)c(=O)c1N=Nc1ccc(S(=O)(=O)NCCNC(C)=O)cc1. The third-order valence-corrected chi connectivity index (χ3v) is 6.46. The Bertz CT molecular complexity index is 1290. The maximum atomic E-state index is 13.1. The van der Waals surface area contributed by atoms with Crippen LogP contribution in [0.1, 0.15) is 25.0 Å². The molecule has 36 heavy (non-hydrogen) atoms. The first-order valence-electron chi connectivity index (χ1n) is 10.9. The molecule has 0 aliphatic heterocycles. The number of methoxy groups -OCH3 is 1. The summed E-state index contributed by atoms with van der Waals surface area (Å²) in [5, 5.41) is 23.7. The molecule has 13 nitrogen and oxygen atoms in total. The number of aromatic nitrogens is 1. The van der Waals surface area contributed by atoms with Crippen molar-refractivity contribution in [2.75, 3.05) is 26.7 Å². The molecular weight excluding hydrogens is 492 g/mol. The van der Waals surface area contributed by atoms with Crippen LogP contribution < -0.4 is 20.9 Å². The first-order chi connectivity index (χ1) is 17.0. The van der Waals surface area contributed by atoms with Crippen molar-refractivity contribution in [1.82, 2.24) is 19.9 Å². The van der Waals surface area contributed by atoms with Gasteiger partial charge in [0.15, 0.2) is 11.6 Å². The maximum Gasteiger partial charge on any atom is 0.281 e. The van der Waals surface area contributed by atoms with Gasteiger partial charge in [0, 0.05) is 58.3 Å². The Balaban J connectivity index is 2.30. The number of hydrogen-bond donors (Lipinski definition) is 4. The van der Waals surface area contributed by atoms with E-state index in [0.717, 1.165) is 4.57 Å². The highest BCUT2D eigenvalue weighted by atomic mass is 32.2. The molecule has 2 rings (SSSR count). The van der Waals surface area contributed by atoms with Crippen LogP contribution in [0.5, 0.6) is 5.88 Å². The molecule has 1 aromatic heterocycles. The number of aromatic hydroxyl groups is 1. The number of azo groups is 1. The molecule has 0 saturated carbocycles. The summed E-state index contributed by atoms with van der Waals surface area (Å²) in [4.78, 5) is 35.1. The zero-order valence-electron chi connectivity index (χ0n) is 20.5. The quantitative estimate of drug-likeness (QED) is 0.237. The van der Waals surface area contributed by atoms with E-state index in [1.165, 1.54) is 45.2 Å². The first-order valence-corrected chi connectivity index (χ1v) is 12.4. The van der Waals surface area contributed by atoms with Crippen molar-refractivity contribution in [3.8, 4) is 5.88 Å². The minimum atomic E-state index is -3.80. The van der Waals surface area contributed by atoms with Gasteiger partial charge in [0.1, 0.15) is 0 Å². The van der Waals surface area contributed by atoms with E-state index in [1.54, 1.807) is 6.92 Å². The minimum Gasteiger partial charge on any atom is -0.494 e. The van der Waals surface area contributed by atoms with E-state index in [2.05, 4.69) is 25.6 Å². The van der Waals surface area contributed by atoms with E-state index in [1.807, 2.05) is 0 Å². The third-order valence-electron chi connectivity index (χ3n) is 4.98. The molecule has 0 saturated heterocycles. The molecule has 0 unspecified atom stereocenters. The van der Waals surface area contributed by atoms with E-state index in [-0.39, 0.29) is 66.8 Å². The number of carbonyl (C=O) groups is 2. The molecule has 2 amide bonds. The van der Waals surface area contributed by atoms with Crippen LogP contribution in [0.25, 0.3) is 0 Å². The van der Waals surface area contributed by atoms with Crippen LogP contribution in [-0.4, -0.2) is 56.6 Å². The van der Waals surface area contributed by atoms with Crippen LogP contribution in [0.3, 0.4) is 0 Å². The summed E-state index contributed by atoms with van der Waals surface area (Å²) in [5.74, 6) is -0.804. The number of nitrogens with one attached hydrogen (secondary N) is 3. The number of benzene rings is 1. The van der Waals surface area contributed by atoms with Crippen LogP contribution in [0.4, 0.5) is 11.4 Å². The molecule has 2 aromatic rings. The summed E-state index contributed by atoms with van der Waals surface area (Å²) in [6.07, 6.45) is 0. The van der Waals surface area contributed by atoms with Crippen molar-refractivity contribution in [3.05, 3.63) is 45.7 Å². The Morgan fingerprint density at radius 2 is 1.64 bits per heavy atom.